The van der Waals surface area contributed by atoms with Gasteiger partial charge in [-0.3, -0.25) is 4.79 Å². The van der Waals surface area contributed by atoms with Gasteiger partial charge in [0, 0.05) is 30.2 Å². The molecule has 0 spiro atoms. The molecule has 2 heterocycles. The van der Waals surface area contributed by atoms with Gasteiger partial charge in [-0.05, 0) is 60.9 Å². The first kappa shape index (κ1) is 14.7. The van der Waals surface area contributed by atoms with Gasteiger partial charge >= 0.3 is 0 Å². The van der Waals surface area contributed by atoms with E-state index in [1.165, 1.54) is 16.5 Å². The minimum atomic E-state index is -0.0667. The van der Waals surface area contributed by atoms with E-state index < -0.39 is 0 Å². The van der Waals surface area contributed by atoms with Crippen LogP contribution >= 0.6 is 0 Å². The Morgan fingerprint density at radius 1 is 1.12 bits per heavy atom. The number of hydrogen-bond acceptors (Lipinski definition) is 3. The van der Waals surface area contributed by atoms with Gasteiger partial charge in [0.15, 0.2) is 0 Å². The van der Waals surface area contributed by atoms with Crippen LogP contribution in [0, 0.1) is 6.92 Å². The van der Waals surface area contributed by atoms with Crippen LogP contribution < -0.4 is 10.2 Å². The lowest BCUT2D eigenvalue weighted by atomic mass is 10.1. The van der Waals surface area contributed by atoms with E-state index in [2.05, 4.69) is 41.4 Å². The maximum atomic E-state index is 11.7. The first-order valence-corrected chi connectivity index (χ1v) is 8.16. The number of rotatable bonds is 2. The minimum Gasteiger partial charge on any atom is -0.355 e. The summed E-state index contributed by atoms with van der Waals surface area (Å²) < 4.78 is 0. The molecule has 0 bridgehead atoms. The second kappa shape index (κ2) is 5.64. The number of carbonyl (C=O) groups is 1. The smallest absolute Gasteiger partial charge is 0.251 e. The summed E-state index contributed by atoms with van der Waals surface area (Å²) in [7, 11) is 1.64. The molecule has 0 aliphatic carbocycles. The van der Waals surface area contributed by atoms with Gasteiger partial charge in [-0.2, -0.15) is 0 Å². The van der Waals surface area contributed by atoms with Crippen molar-refractivity contribution in [1.29, 1.82) is 0 Å². The lowest BCUT2D eigenvalue weighted by molar-refractivity contribution is 0.0963. The molecule has 2 aromatic carbocycles. The Hall–Kier alpha value is -2.88. The predicted molar refractivity (Wildman–Crippen MR) is 97.0 cm³/mol. The molecule has 1 aliphatic heterocycles. The van der Waals surface area contributed by atoms with E-state index in [0.29, 0.717) is 5.56 Å². The van der Waals surface area contributed by atoms with E-state index in [1.54, 1.807) is 7.05 Å². The molecule has 1 N–H and O–H groups in total. The van der Waals surface area contributed by atoms with Crippen molar-refractivity contribution in [3.8, 4) is 0 Å². The summed E-state index contributed by atoms with van der Waals surface area (Å²) in [5, 5.41) is 3.84. The zero-order valence-corrected chi connectivity index (χ0v) is 13.8. The highest BCUT2D eigenvalue weighted by molar-refractivity contribution is 5.94. The summed E-state index contributed by atoms with van der Waals surface area (Å²) in [6, 6.07) is 16.3. The molecular formula is C20H19N3O. The van der Waals surface area contributed by atoms with E-state index in [0.717, 1.165) is 30.0 Å². The first-order chi connectivity index (χ1) is 11.7. The molecular weight excluding hydrogens is 298 g/mol. The molecule has 120 valence electrons. The van der Waals surface area contributed by atoms with Crippen molar-refractivity contribution < 1.29 is 4.79 Å². The Morgan fingerprint density at radius 2 is 1.92 bits per heavy atom. The molecule has 1 aliphatic rings. The highest BCUT2D eigenvalue weighted by atomic mass is 16.1. The third-order valence-corrected chi connectivity index (χ3v) is 4.56. The van der Waals surface area contributed by atoms with Crippen molar-refractivity contribution in [2.45, 2.75) is 13.3 Å². The molecule has 4 heteroatoms. The Labute approximate surface area is 141 Å². The van der Waals surface area contributed by atoms with E-state index in [-0.39, 0.29) is 5.91 Å². The number of fused-ring (bicyclic) bond motifs is 2. The highest BCUT2D eigenvalue weighted by Crippen LogP contribution is 2.35. The van der Waals surface area contributed by atoms with Crippen molar-refractivity contribution in [3.05, 3.63) is 65.2 Å². The minimum absolute atomic E-state index is 0.0667. The van der Waals surface area contributed by atoms with Crippen LogP contribution in [0.5, 0.6) is 0 Å². The topological polar surface area (TPSA) is 45.2 Å². The average molecular weight is 317 g/mol. The fourth-order valence-corrected chi connectivity index (χ4v) is 3.26. The number of anilines is 2. The van der Waals surface area contributed by atoms with Gasteiger partial charge in [0.2, 0.25) is 0 Å². The van der Waals surface area contributed by atoms with Crippen LogP contribution in [-0.2, 0) is 6.42 Å². The van der Waals surface area contributed by atoms with E-state index >= 15 is 0 Å². The maximum absolute atomic E-state index is 11.7. The van der Waals surface area contributed by atoms with Gasteiger partial charge in [0.25, 0.3) is 5.91 Å². The molecule has 0 radical (unpaired) electrons. The summed E-state index contributed by atoms with van der Waals surface area (Å²) in [6.07, 6.45) is 0.989. The third-order valence-electron chi connectivity index (χ3n) is 4.56. The molecule has 24 heavy (non-hydrogen) atoms. The van der Waals surface area contributed by atoms with Gasteiger partial charge < -0.3 is 10.2 Å². The summed E-state index contributed by atoms with van der Waals surface area (Å²) in [5.74, 6) is 0.962. The molecule has 0 unspecified atom stereocenters. The van der Waals surface area contributed by atoms with Gasteiger partial charge in [-0.25, -0.2) is 4.98 Å². The lowest BCUT2D eigenvalue weighted by Gasteiger charge is -2.19. The largest absolute Gasteiger partial charge is 0.355 e. The first-order valence-electron chi connectivity index (χ1n) is 8.16. The van der Waals surface area contributed by atoms with Crippen molar-refractivity contribution in [2.24, 2.45) is 0 Å². The van der Waals surface area contributed by atoms with E-state index in [1.807, 2.05) is 24.3 Å². The summed E-state index contributed by atoms with van der Waals surface area (Å²) in [4.78, 5) is 18.8. The lowest BCUT2D eigenvalue weighted by Crippen LogP contribution is -2.18. The molecule has 4 nitrogen and oxygen atoms in total. The quantitative estimate of drug-likeness (QED) is 0.785. The van der Waals surface area contributed by atoms with Gasteiger partial charge in [0.05, 0.1) is 5.52 Å². The number of nitrogens with one attached hydrogen (secondary N) is 1. The molecule has 1 amide bonds. The standard InChI is InChI=1S/C20H19N3O/c1-13-3-4-15-12-16-9-10-23(19(16)22-18(15)11-13)17-7-5-14(6-8-17)20(24)21-2/h3-8,11-12H,9-10H2,1-2H3,(H,21,24). The maximum Gasteiger partial charge on any atom is 0.251 e. The predicted octanol–water partition coefficient (Wildman–Crippen LogP) is 3.60. The second-order valence-electron chi connectivity index (χ2n) is 6.19. The number of benzene rings is 2. The Morgan fingerprint density at radius 3 is 2.67 bits per heavy atom. The van der Waals surface area contributed by atoms with Gasteiger partial charge in [-0.15, -0.1) is 0 Å². The number of pyridine rings is 1. The van der Waals surface area contributed by atoms with Crippen molar-refractivity contribution in [2.75, 3.05) is 18.5 Å². The zero-order chi connectivity index (χ0) is 16.7. The summed E-state index contributed by atoms with van der Waals surface area (Å²) >= 11 is 0. The molecule has 3 aromatic rings. The van der Waals surface area contributed by atoms with Crippen molar-refractivity contribution >= 4 is 28.3 Å². The zero-order valence-electron chi connectivity index (χ0n) is 13.8. The number of aromatic nitrogens is 1. The van der Waals surface area contributed by atoms with Crippen LogP contribution in [0.3, 0.4) is 0 Å². The Balaban J connectivity index is 1.74. The van der Waals surface area contributed by atoms with Crippen LogP contribution in [0.4, 0.5) is 11.5 Å². The normalized spacial score (nSPS) is 13.2. The van der Waals surface area contributed by atoms with Gasteiger partial charge in [-0.1, -0.05) is 12.1 Å². The van der Waals surface area contributed by atoms with Gasteiger partial charge in [0.1, 0.15) is 5.82 Å². The molecule has 0 atom stereocenters. The number of hydrogen-bond donors (Lipinski definition) is 1. The molecule has 0 saturated carbocycles. The van der Waals surface area contributed by atoms with E-state index in [9.17, 15) is 4.79 Å². The number of nitrogens with zero attached hydrogens (tertiary/aromatic N) is 2. The highest BCUT2D eigenvalue weighted by Gasteiger charge is 2.22. The van der Waals surface area contributed by atoms with Crippen molar-refractivity contribution in [1.82, 2.24) is 10.3 Å². The number of carbonyl (C=O) groups excluding carboxylic acids is 1. The van der Waals surface area contributed by atoms with Crippen LogP contribution in [0.15, 0.2) is 48.5 Å². The van der Waals surface area contributed by atoms with Crippen molar-refractivity contribution in [3.63, 3.8) is 0 Å². The monoisotopic (exact) mass is 317 g/mol. The molecule has 0 fully saturated rings. The SMILES string of the molecule is CNC(=O)c1ccc(N2CCc3cc4ccc(C)cc4nc32)cc1. The second-order valence-corrected chi connectivity index (χ2v) is 6.19. The Kier molecular flexibility index (Phi) is 3.45. The average Bonchev–Trinajstić information content (AvgIpc) is 3.02. The van der Waals surface area contributed by atoms with E-state index in [4.69, 9.17) is 4.98 Å². The Bertz CT molecular complexity index is 932. The third kappa shape index (κ3) is 2.40. The van der Waals surface area contributed by atoms with Crippen LogP contribution in [-0.4, -0.2) is 24.5 Å². The van der Waals surface area contributed by atoms with Crippen LogP contribution in [0.25, 0.3) is 10.9 Å². The number of amides is 1. The fourth-order valence-electron chi connectivity index (χ4n) is 3.26. The molecule has 0 saturated heterocycles. The number of aryl methyl sites for hydroxylation is 1. The molecule has 1 aromatic heterocycles. The summed E-state index contributed by atoms with van der Waals surface area (Å²) in [6.45, 7) is 3.00. The fraction of sp³-hybridized carbons (Fsp3) is 0.200. The van der Waals surface area contributed by atoms with Crippen LogP contribution in [0.2, 0.25) is 0 Å². The molecule has 4 rings (SSSR count). The summed E-state index contributed by atoms with van der Waals surface area (Å²) in [5.41, 5.74) is 5.27. The van der Waals surface area contributed by atoms with Crippen LogP contribution in [0.1, 0.15) is 21.5 Å².